The molecule has 0 radical (unpaired) electrons. The van der Waals surface area contributed by atoms with Crippen LogP contribution < -0.4 is 0 Å². The van der Waals surface area contributed by atoms with Crippen molar-refractivity contribution in [3.63, 3.8) is 0 Å². The number of rotatable bonds is 5. The van der Waals surface area contributed by atoms with E-state index < -0.39 is 0 Å². The number of benzene rings is 1. The number of halogens is 2. The lowest BCUT2D eigenvalue weighted by atomic mass is 10.2. The van der Waals surface area contributed by atoms with Gasteiger partial charge in [-0.3, -0.25) is 0 Å². The monoisotopic (exact) mass is 272 g/mol. The molecule has 1 aliphatic rings. The molecule has 0 unspecified atom stereocenters. The van der Waals surface area contributed by atoms with E-state index in [1.54, 1.807) is 6.07 Å². The minimum absolute atomic E-state index is 0.198. The van der Waals surface area contributed by atoms with E-state index in [-0.39, 0.29) is 5.82 Å². The summed E-state index contributed by atoms with van der Waals surface area (Å²) in [6.45, 7) is 1.13. The second-order valence-electron chi connectivity index (χ2n) is 4.02. The van der Waals surface area contributed by atoms with Crippen LogP contribution in [0.2, 0.25) is 0 Å². The minimum atomic E-state index is -0.198. The van der Waals surface area contributed by atoms with Crippen LogP contribution in [0.4, 0.5) is 4.39 Å². The van der Waals surface area contributed by atoms with E-state index in [4.69, 9.17) is 4.74 Å². The topological polar surface area (TPSA) is 9.23 Å². The third-order valence-electron chi connectivity index (χ3n) is 2.64. The highest BCUT2D eigenvalue weighted by Crippen LogP contribution is 2.32. The molecule has 1 aliphatic carbocycles. The predicted octanol–water partition coefficient (Wildman–Crippen LogP) is 3.90. The average Bonchev–Trinajstić information content (AvgIpc) is 2.99. The maximum atomic E-state index is 13.3. The molecule has 0 saturated heterocycles. The Hall–Kier alpha value is -0.410. The summed E-state index contributed by atoms with van der Waals surface area (Å²) in [6, 6.07) is 5.07. The summed E-state index contributed by atoms with van der Waals surface area (Å²) in [5.41, 5.74) is 0.633. The fourth-order valence-corrected chi connectivity index (χ4v) is 1.81. The van der Waals surface area contributed by atoms with Crippen LogP contribution in [0.25, 0.3) is 0 Å². The fraction of sp³-hybridized carbons (Fsp3) is 0.500. The van der Waals surface area contributed by atoms with Gasteiger partial charge in [-0.2, -0.15) is 0 Å². The van der Waals surface area contributed by atoms with Crippen molar-refractivity contribution >= 4 is 15.9 Å². The molecule has 0 atom stereocenters. The van der Waals surface area contributed by atoms with Gasteiger partial charge in [0.2, 0.25) is 0 Å². The maximum Gasteiger partial charge on any atom is 0.129 e. The molecule has 15 heavy (non-hydrogen) atoms. The van der Waals surface area contributed by atoms with Crippen molar-refractivity contribution in [3.8, 4) is 0 Å². The van der Waals surface area contributed by atoms with Crippen LogP contribution >= 0.6 is 15.9 Å². The highest BCUT2D eigenvalue weighted by molar-refractivity contribution is 9.10. The van der Waals surface area contributed by atoms with Crippen molar-refractivity contribution in [1.82, 2.24) is 0 Å². The zero-order valence-electron chi connectivity index (χ0n) is 8.51. The Morgan fingerprint density at radius 3 is 2.87 bits per heavy atom. The number of hydrogen-bond acceptors (Lipinski definition) is 1. The highest BCUT2D eigenvalue weighted by atomic mass is 79.9. The first-order valence-electron chi connectivity index (χ1n) is 5.27. The summed E-state index contributed by atoms with van der Waals surface area (Å²) in [5, 5.41) is 0. The highest BCUT2D eigenvalue weighted by Gasteiger charge is 2.20. The first kappa shape index (κ1) is 11.1. The summed E-state index contributed by atoms with van der Waals surface area (Å²) in [5.74, 6) is 0.676. The Labute approximate surface area is 97.8 Å². The van der Waals surface area contributed by atoms with Gasteiger partial charge in [-0.25, -0.2) is 4.39 Å². The molecule has 0 amide bonds. The number of hydrogen-bond donors (Lipinski definition) is 0. The maximum absolute atomic E-state index is 13.3. The molecule has 1 nitrogen and oxygen atoms in total. The smallest absolute Gasteiger partial charge is 0.129 e. The van der Waals surface area contributed by atoms with Crippen LogP contribution in [0, 0.1) is 11.7 Å². The zero-order valence-corrected chi connectivity index (χ0v) is 10.1. The van der Waals surface area contributed by atoms with E-state index in [2.05, 4.69) is 15.9 Å². The minimum Gasteiger partial charge on any atom is -0.377 e. The van der Waals surface area contributed by atoms with E-state index in [0.717, 1.165) is 23.4 Å². The Morgan fingerprint density at radius 2 is 2.20 bits per heavy atom. The normalized spacial score (nSPS) is 15.6. The Bertz CT molecular complexity index is 336. The molecule has 0 heterocycles. The first-order chi connectivity index (χ1) is 7.25. The first-order valence-corrected chi connectivity index (χ1v) is 6.06. The lowest BCUT2D eigenvalue weighted by molar-refractivity contribution is 0.113. The lowest BCUT2D eigenvalue weighted by Gasteiger charge is -2.05. The van der Waals surface area contributed by atoms with E-state index >= 15 is 0 Å². The number of ether oxygens (including phenoxy) is 1. The van der Waals surface area contributed by atoms with Gasteiger partial charge in [0.15, 0.2) is 0 Å². The molecule has 1 aromatic carbocycles. The fourth-order valence-electron chi connectivity index (χ4n) is 1.48. The molecule has 3 heteroatoms. The Morgan fingerprint density at radius 1 is 1.40 bits per heavy atom. The molecule has 0 aromatic heterocycles. The van der Waals surface area contributed by atoms with Gasteiger partial charge >= 0.3 is 0 Å². The molecular formula is C12H14BrFO. The molecule has 82 valence electrons. The van der Waals surface area contributed by atoms with Gasteiger partial charge in [0, 0.05) is 16.6 Å². The van der Waals surface area contributed by atoms with E-state index in [9.17, 15) is 4.39 Å². The van der Waals surface area contributed by atoms with Gasteiger partial charge < -0.3 is 4.74 Å². The summed E-state index contributed by atoms with van der Waals surface area (Å²) in [6.07, 6.45) is 3.81. The van der Waals surface area contributed by atoms with Crippen LogP contribution in [0.3, 0.4) is 0 Å². The van der Waals surface area contributed by atoms with Crippen LogP contribution in [0.15, 0.2) is 22.7 Å². The molecule has 1 saturated carbocycles. The molecular weight excluding hydrogens is 259 g/mol. The van der Waals surface area contributed by atoms with E-state index in [1.807, 2.05) is 6.07 Å². The molecule has 0 N–H and O–H groups in total. The SMILES string of the molecule is Fc1cc(Br)ccc1COCCC1CC1. The summed E-state index contributed by atoms with van der Waals surface area (Å²) < 4.78 is 19.5. The largest absolute Gasteiger partial charge is 0.377 e. The second-order valence-corrected chi connectivity index (χ2v) is 4.94. The van der Waals surface area contributed by atoms with Crippen molar-refractivity contribution in [3.05, 3.63) is 34.1 Å². The lowest BCUT2D eigenvalue weighted by Crippen LogP contribution is -1.98. The zero-order chi connectivity index (χ0) is 10.7. The molecule has 0 bridgehead atoms. The van der Waals surface area contributed by atoms with Crippen LogP contribution in [0.5, 0.6) is 0 Å². The van der Waals surface area contributed by atoms with Crippen LogP contribution in [-0.2, 0) is 11.3 Å². The standard InChI is InChI=1S/C12H14BrFO/c13-11-4-3-10(12(14)7-11)8-15-6-5-9-1-2-9/h3-4,7,9H,1-2,5-6,8H2. The van der Waals surface area contributed by atoms with Gasteiger partial charge in [0.1, 0.15) is 5.82 Å². The third kappa shape index (κ3) is 3.58. The van der Waals surface area contributed by atoms with Gasteiger partial charge in [-0.1, -0.05) is 34.8 Å². The molecule has 2 rings (SSSR count). The van der Waals surface area contributed by atoms with Gasteiger partial charge in [0.25, 0.3) is 0 Å². The third-order valence-corrected chi connectivity index (χ3v) is 3.13. The van der Waals surface area contributed by atoms with E-state index in [1.165, 1.54) is 18.9 Å². The van der Waals surface area contributed by atoms with Crippen LogP contribution in [0.1, 0.15) is 24.8 Å². The van der Waals surface area contributed by atoms with Gasteiger partial charge in [-0.15, -0.1) is 0 Å². The average molecular weight is 273 g/mol. The molecule has 1 fully saturated rings. The van der Waals surface area contributed by atoms with Crippen molar-refractivity contribution in [1.29, 1.82) is 0 Å². The summed E-state index contributed by atoms with van der Waals surface area (Å²) in [7, 11) is 0. The summed E-state index contributed by atoms with van der Waals surface area (Å²) in [4.78, 5) is 0. The van der Waals surface area contributed by atoms with Crippen molar-refractivity contribution in [2.45, 2.75) is 25.9 Å². The quantitative estimate of drug-likeness (QED) is 0.739. The Kier molecular flexibility index (Phi) is 3.76. The predicted molar refractivity (Wildman–Crippen MR) is 61.1 cm³/mol. The molecule has 0 spiro atoms. The molecule has 0 aliphatic heterocycles. The van der Waals surface area contributed by atoms with Gasteiger partial charge in [-0.05, 0) is 24.5 Å². The van der Waals surface area contributed by atoms with Crippen LogP contribution in [-0.4, -0.2) is 6.61 Å². The Balaban J connectivity index is 1.76. The second kappa shape index (κ2) is 5.08. The van der Waals surface area contributed by atoms with Crippen molar-refractivity contribution < 1.29 is 9.13 Å². The van der Waals surface area contributed by atoms with E-state index in [0.29, 0.717) is 12.2 Å². The summed E-state index contributed by atoms with van der Waals surface area (Å²) >= 11 is 3.22. The van der Waals surface area contributed by atoms with Gasteiger partial charge in [0.05, 0.1) is 6.61 Å². The van der Waals surface area contributed by atoms with Crippen molar-refractivity contribution in [2.75, 3.05) is 6.61 Å². The molecule has 1 aromatic rings. The van der Waals surface area contributed by atoms with Crippen molar-refractivity contribution in [2.24, 2.45) is 5.92 Å².